The molecular formula is C11H14FNO2. The summed E-state index contributed by atoms with van der Waals surface area (Å²) in [6, 6.07) is 4.51. The van der Waals surface area contributed by atoms with Gasteiger partial charge in [0.2, 0.25) is 0 Å². The summed E-state index contributed by atoms with van der Waals surface area (Å²) in [6.07, 6.45) is 1.90. The van der Waals surface area contributed by atoms with E-state index in [2.05, 4.69) is 0 Å². The minimum absolute atomic E-state index is 0.229. The molecule has 0 bridgehead atoms. The van der Waals surface area contributed by atoms with Crippen LogP contribution in [0.4, 0.5) is 4.39 Å². The molecule has 1 aliphatic carbocycles. The molecule has 3 nitrogen and oxygen atoms in total. The first-order chi connectivity index (χ1) is 7.13. The van der Waals surface area contributed by atoms with E-state index in [4.69, 9.17) is 15.2 Å². The summed E-state index contributed by atoms with van der Waals surface area (Å²) in [6.45, 7) is 0.371. The number of nitrogens with two attached hydrogens (primary N) is 1. The average Bonchev–Trinajstić information content (AvgIpc) is 2.95. The molecule has 0 saturated heterocycles. The second-order valence-electron chi connectivity index (χ2n) is 3.95. The molecule has 2 rings (SSSR count). The highest BCUT2D eigenvalue weighted by molar-refractivity contribution is 5.33. The maximum absolute atomic E-state index is 13.4. The number of benzene rings is 1. The molecule has 0 aliphatic heterocycles. The zero-order valence-corrected chi connectivity index (χ0v) is 8.63. The molecule has 1 saturated carbocycles. The fourth-order valence-corrected chi connectivity index (χ4v) is 1.25. The van der Waals surface area contributed by atoms with E-state index in [1.54, 1.807) is 12.1 Å². The Labute approximate surface area is 88.0 Å². The van der Waals surface area contributed by atoms with E-state index in [1.165, 1.54) is 13.2 Å². The van der Waals surface area contributed by atoms with Crippen molar-refractivity contribution in [3.05, 3.63) is 24.0 Å². The van der Waals surface area contributed by atoms with E-state index in [9.17, 15) is 4.39 Å². The van der Waals surface area contributed by atoms with Crippen LogP contribution in [-0.4, -0.2) is 19.3 Å². The lowest BCUT2D eigenvalue weighted by atomic mass is 10.3. The number of methoxy groups -OCH3 is 1. The predicted molar refractivity (Wildman–Crippen MR) is 54.6 cm³/mol. The normalized spacial score (nSPS) is 17.3. The molecule has 0 amide bonds. The van der Waals surface area contributed by atoms with Gasteiger partial charge in [0.05, 0.1) is 12.6 Å². The van der Waals surface area contributed by atoms with Crippen LogP contribution in [0.5, 0.6) is 11.5 Å². The molecule has 0 unspecified atom stereocenters. The molecule has 1 aromatic rings. The van der Waals surface area contributed by atoms with Crippen molar-refractivity contribution >= 4 is 0 Å². The van der Waals surface area contributed by atoms with Gasteiger partial charge in [0, 0.05) is 6.07 Å². The minimum Gasteiger partial charge on any atom is -0.497 e. The van der Waals surface area contributed by atoms with Crippen molar-refractivity contribution in [2.45, 2.75) is 18.4 Å². The van der Waals surface area contributed by atoms with Crippen LogP contribution in [0.1, 0.15) is 12.8 Å². The number of halogens is 1. The number of hydrogen-bond donors (Lipinski definition) is 1. The summed E-state index contributed by atoms with van der Waals surface area (Å²) < 4.78 is 23.6. The Morgan fingerprint density at radius 2 is 2.20 bits per heavy atom. The zero-order valence-electron chi connectivity index (χ0n) is 8.63. The number of rotatable bonds is 4. The lowest BCUT2D eigenvalue weighted by Crippen LogP contribution is -2.29. The van der Waals surface area contributed by atoms with Crippen LogP contribution < -0.4 is 15.2 Å². The Morgan fingerprint density at radius 3 is 2.73 bits per heavy atom. The first-order valence-corrected chi connectivity index (χ1v) is 4.88. The highest BCUT2D eigenvalue weighted by Crippen LogP contribution is 2.33. The van der Waals surface area contributed by atoms with Gasteiger partial charge in [0.1, 0.15) is 12.4 Å². The van der Waals surface area contributed by atoms with Gasteiger partial charge < -0.3 is 15.2 Å². The molecule has 0 aromatic heterocycles. The summed E-state index contributed by atoms with van der Waals surface area (Å²) in [5.41, 5.74) is 5.60. The average molecular weight is 211 g/mol. The summed E-state index contributed by atoms with van der Waals surface area (Å²) in [7, 11) is 1.49. The molecular weight excluding hydrogens is 197 g/mol. The van der Waals surface area contributed by atoms with E-state index in [1.807, 2.05) is 0 Å². The van der Waals surface area contributed by atoms with Gasteiger partial charge in [-0.2, -0.15) is 0 Å². The summed E-state index contributed by atoms with van der Waals surface area (Å²) in [4.78, 5) is 0. The van der Waals surface area contributed by atoms with Crippen molar-refractivity contribution in [2.75, 3.05) is 13.7 Å². The van der Waals surface area contributed by atoms with Crippen LogP contribution in [0.25, 0.3) is 0 Å². The molecule has 0 spiro atoms. The van der Waals surface area contributed by atoms with Crippen LogP contribution in [-0.2, 0) is 0 Å². The third-order valence-electron chi connectivity index (χ3n) is 2.55. The third kappa shape index (κ3) is 2.39. The van der Waals surface area contributed by atoms with Gasteiger partial charge in [-0.25, -0.2) is 4.39 Å². The van der Waals surface area contributed by atoms with E-state index in [-0.39, 0.29) is 11.3 Å². The van der Waals surface area contributed by atoms with Crippen LogP contribution in [0.3, 0.4) is 0 Å². The van der Waals surface area contributed by atoms with E-state index >= 15 is 0 Å². The van der Waals surface area contributed by atoms with Gasteiger partial charge in [-0.3, -0.25) is 0 Å². The van der Waals surface area contributed by atoms with Crippen molar-refractivity contribution in [3.63, 3.8) is 0 Å². The molecule has 82 valence electrons. The van der Waals surface area contributed by atoms with Crippen LogP contribution in [0.15, 0.2) is 18.2 Å². The predicted octanol–water partition coefficient (Wildman–Crippen LogP) is 1.70. The van der Waals surface area contributed by atoms with Crippen molar-refractivity contribution in [3.8, 4) is 11.5 Å². The van der Waals surface area contributed by atoms with Crippen molar-refractivity contribution in [1.82, 2.24) is 0 Å². The maximum Gasteiger partial charge on any atom is 0.168 e. The molecule has 2 N–H and O–H groups in total. The first-order valence-electron chi connectivity index (χ1n) is 4.88. The van der Waals surface area contributed by atoms with E-state index < -0.39 is 5.82 Å². The monoisotopic (exact) mass is 211 g/mol. The molecule has 0 radical (unpaired) electrons. The van der Waals surface area contributed by atoms with E-state index in [0.29, 0.717) is 12.4 Å². The fourth-order valence-electron chi connectivity index (χ4n) is 1.25. The zero-order chi connectivity index (χ0) is 10.9. The fraction of sp³-hybridized carbons (Fsp3) is 0.455. The summed E-state index contributed by atoms with van der Waals surface area (Å²) in [5, 5.41) is 0. The Morgan fingerprint density at radius 1 is 1.47 bits per heavy atom. The minimum atomic E-state index is -0.418. The Hall–Kier alpha value is -1.29. The molecule has 1 aliphatic rings. The number of ether oxygens (including phenoxy) is 2. The molecule has 4 heteroatoms. The largest absolute Gasteiger partial charge is 0.497 e. The Balaban J connectivity index is 2.01. The lowest BCUT2D eigenvalue weighted by Gasteiger charge is -2.12. The Kier molecular flexibility index (Phi) is 2.52. The third-order valence-corrected chi connectivity index (χ3v) is 2.55. The first kappa shape index (κ1) is 10.2. The van der Waals surface area contributed by atoms with Crippen LogP contribution >= 0.6 is 0 Å². The van der Waals surface area contributed by atoms with Crippen molar-refractivity contribution in [1.29, 1.82) is 0 Å². The molecule has 1 fully saturated rings. The highest BCUT2D eigenvalue weighted by atomic mass is 19.1. The number of hydrogen-bond acceptors (Lipinski definition) is 3. The topological polar surface area (TPSA) is 44.5 Å². The van der Waals surface area contributed by atoms with Gasteiger partial charge in [-0.05, 0) is 25.0 Å². The second-order valence-corrected chi connectivity index (χ2v) is 3.95. The van der Waals surface area contributed by atoms with Crippen LogP contribution in [0, 0.1) is 5.82 Å². The van der Waals surface area contributed by atoms with Crippen molar-refractivity contribution < 1.29 is 13.9 Å². The van der Waals surface area contributed by atoms with Gasteiger partial charge in [0.15, 0.2) is 11.6 Å². The highest BCUT2D eigenvalue weighted by Gasteiger charge is 2.39. The molecule has 15 heavy (non-hydrogen) atoms. The maximum atomic E-state index is 13.4. The summed E-state index contributed by atoms with van der Waals surface area (Å²) >= 11 is 0. The Bertz CT molecular complexity index is 364. The lowest BCUT2D eigenvalue weighted by molar-refractivity contribution is 0.266. The van der Waals surface area contributed by atoms with Gasteiger partial charge in [0.25, 0.3) is 0 Å². The standard InChI is InChI=1S/C11H14FNO2/c1-14-8-2-3-10(9(12)6-8)15-7-11(13)4-5-11/h2-3,6H,4-5,7,13H2,1H3. The van der Waals surface area contributed by atoms with Gasteiger partial charge >= 0.3 is 0 Å². The summed E-state index contributed by atoms with van der Waals surface area (Å²) in [5.74, 6) is 0.292. The van der Waals surface area contributed by atoms with Gasteiger partial charge in [-0.15, -0.1) is 0 Å². The molecule has 0 heterocycles. The second kappa shape index (κ2) is 3.70. The van der Waals surface area contributed by atoms with Crippen molar-refractivity contribution in [2.24, 2.45) is 5.73 Å². The molecule has 1 aromatic carbocycles. The molecule has 0 atom stereocenters. The van der Waals surface area contributed by atoms with E-state index in [0.717, 1.165) is 12.8 Å². The van der Waals surface area contributed by atoms with Crippen LogP contribution in [0.2, 0.25) is 0 Å². The van der Waals surface area contributed by atoms with Gasteiger partial charge in [-0.1, -0.05) is 0 Å². The quantitative estimate of drug-likeness (QED) is 0.824. The SMILES string of the molecule is COc1ccc(OCC2(N)CC2)c(F)c1. The smallest absolute Gasteiger partial charge is 0.168 e.